The van der Waals surface area contributed by atoms with E-state index in [-0.39, 0.29) is 0 Å². The molecule has 0 amide bonds. The molecule has 1 aromatic carbocycles. The van der Waals surface area contributed by atoms with Crippen molar-refractivity contribution in [2.75, 3.05) is 19.0 Å². The van der Waals surface area contributed by atoms with Gasteiger partial charge in [-0.05, 0) is 18.6 Å². The molecule has 2 nitrogen and oxygen atoms in total. The van der Waals surface area contributed by atoms with Gasteiger partial charge in [0.1, 0.15) is 5.75 Å². The number of hydrogen-bond donors (Lipinski definition) is 1. The van der Waals surface area contributed by atoms with Gasteiger partial charge in [0.15, 0.2) is 0 Å². The van der Waals surface area contributed by atoms with Gasteiger partial charge in [0.25, 0.3) is 0 Å². The zero-order valence-electron chi connectivity index (χ0n) is 9.75. The third-order valence-electron chi connectivity index (χ3n) is 2.41. The number of benzene rings is 1. The molecule has 1 N–H and O–H groups in total. The Hall–Kier alpha value is -1.18. The van der Waals surface area contributed by atoms with Crippen molar-refractivity contribution in [1.82, 2.24) is 0 Å². The summed E-state index contributed by atoms with van der Waals surface area (Å²) in [6, 6.07) is 8.05. The highest BCUT2D eigenvalue weighted by molar-refractivity contribution is 5.55. The number of rotatable bonds is 7. The van der Waals surface area contributed by atoms with Crippen molar-refractivity contribution < 1.29 is 4.74 Å². The SMILES string of the molecule is CCCCCCOc1ccccc1NC. The first-order chi connectivity index (χ1) is 7.38. The summed E-state index contributed by atoms with van der Waals surface area (Å²) >= 11 is 0. The maximum atomic E-state index is 5.71. The van der Waals surface area contributed by atoms with Crippen LogP contribution in [0.2, 0.25) is 0 Å². The van der Waals surface area contributed by atoms with E-state index in [9.17, 15) is 0 Å². The van der Waals surface area contributed by atoms with Crippen LogP contribution >= 0.6 is 0 Å². The van der Waals surface area contributed by atoms with Crippen LogP contribution in [0.15, 0.2) is 24.3 Å². The zero-order valence-corrected chi connectivity index (χ0v) is 9.75. The lowest BCUT2D eigenvalue weighted by Gasteiger charge is -2.10. The van der Waals surface area contributed by atoms with E-state index in [1.807, 2.05) is 31.3 Å². The molecule has 0 spiro atoms. The highest BCUT2D eigenvalue weighted by Gasteiger charge is 1.99. The molecule has 0 radical (unpaired) electrons. The third kappa shape index (κ3) is 4.24. The third-order valence-corrected chi connectivity index (χ3v) is 2.41. The lowest BCUT2D eigenvalue weighted by atomic mass is 10.2. The van der Waals surface area contributed by atoms with Crippen molar-refractivity contribution in [3.05, 3.63) is 24.3 Å². The molecular formula is C13H21NO. The molecule has 1 rings (SSSR count). The summed E-state index contributed by atoms with van der Waals surface area (Å²) in [6.07, 6.45) is 4.98. The molecule has 0 bridgehead atoms. The number of hydrogen-bond acceptors (Lipinski definition) is 2. The molecule has 0 atom stereocenters. The van der Waals surface area contributed by atoms with Crippen molar-refractivity contribution in [1.29, 1.82) is 0 Å². The van der Waals surface area contributed by atoms with Crippen LogP contribution in [0.25, 0.3) is 0 Å². The Balaban J connectivity index is 2.30. The maximum Gasteiger partial charge on any atom is 0.142 e. The molecule has 15 heavy (non-hydrogen) atoms. The van der Waals surface area contributed by atoms with E-state index in [1.54, 1.807) is 0 Å². The Morgan fingerprint density at radius 2 is 1.93 bits per heavy atom. The molecule has 0 aromatic heterocycles. The molecule has 0 aliphatic rings. The van der Waals surface area contributed by atoms with Crippen LogP contribution in [-0.4, -0.2) is 13.7 Å². The molecule has 1 aromatic rings. The Kier molecular flexibility index (Phi) is 5.67. The topological polar surface area (TPSA) is 21.3 Å². The van der Waals surface area contributed by atoms with Gasteiger partial charge in [-0.2, -0.15) is 0 Å². The van der Waals surface area contributed by atoms with Crippen molar-refractivity contribution in [3.8, 4) is 5.75 Å². The number of para-hydroxylation sites is 2. The summed E-state index contributed by atoms with van der Waals surface area (Å²) in [5, 5.41) is 3.12. The molecule has 0 saturated carbocycles. The van der Waals surface area contributed by atoms with E-state index < -0.39 is 0 Å². The predicted molar refractivity (Wildman–Crippen MR) is 65.6 cm³/mol. The summed E-state index contributed by atoms with van der Waals surface area (Å²) in [5.74, 6) is 0.955. The van der Waals surface area contributed by atoms with Gasteiger partial charge in [-0.25, -0.2) is 0 Å². The number of ether oxygens (including phenoxy) is 1. The van der Waals surface area contributed by atoms with Gasteiger partial charge in [-0.1, -0.05) is 38.3 Å². The van der Waals surface area contributed by atoms with Crippen LogP contribution in [0, 0.1) is 0 Å². The Bertz CT molecular complexity index is 273. The largest absolute Gasteiger partial charge is 0.491 e. The molecular weight excluding hydrogens is 186 g/mol. The average Bonchev–Trinajstić information content (AvgIpc) is 2.29. The van der Waals surface area contributed by atoms with Crippen molar-refractivity contribution >= 4 is 5.69 Å². The second kappa shape index (κ2) is 7.16. The smallest absolute Gasteiger partial charge is 0.142 e. The van der Waals surface area contributed by atoms with Gasteiger partial charge in [0, 0.05) is 7.05 Å². The van der Waals surface area contributed by atoms with Gasteiger partial charge in [-0.3, -0.25) is 0 Å². The standard InChI is InChI=1S/C13H21NO/c1-3-4-5-8-11-15-13-10-7-6-9-12(13)14-2/h6-7,9-10,14H,3-5,8,11H2,1-2H3. The van der Waals surface area contributed by atoms with Gasteiger partial charge >= 0.3 is 0 Å². The number of unbranched alkanes of at least 4 members (excludes halogenated alkanes) is 3. The normalized spacial score (nSPS) is 10.0. The predicted octanol–water partition coefficient (Wildman–Crippen LogP) is 3.69. The molecule has 0 unspecified atom stereocenters. The first-order valence-electron chi connectivity index (χ1n) is 5.78. The number of nitrogens with one attached hydrogen (secondary N) is 1. The molecule has 84 valence electrons. The first kappa shape index (κ1) is 11.9. The Morgan fingerprint density at radius 1 is 1.13 bits per heavy atom. The summed E-state index contributed by atoms with van der Waals surface area (Å²) in [6.45, 7) is 3.04. The van der Waals surface area contributed by atoms with Crippen LogP contribution in [-0.2, 0) is 0 Å². The fourth-order valence-corrected chi connectivity index (χ4v) is 1.51. The molecule has 0 aliphatic carbocycles. The van der Waals surface area contributed by atoms with Crippen LogP contribution in [0.3, 0.4) is 0 Å². The fourth-order valence-electron chi connectivity index (χ4n) is 1.51. The van der Waals surface area contributed by atoms with Gasteiger partial charge in [-0.15, -0.1) is 0 Å². The van der Waals surface area contributed by atoms with Crippen LogP contribution in [0.5, 0.6) is 5.75 Å². The molecule has 0 aliphatic heterocycles. The van der Waals surface area contributed by atoms with Crippen LogP contribution in [0.1, 0.15) is 32.6 Å². The van der Waals surface area contributed by atoms with E-state index >= 15 is 0 Å². The second-order valence-electron chi connectivity index (χ2n) is 3.66. The van der Waals surface area contributed by atoms with Crippen LogP contribution in [0.4, 0.5) is 5.69 Å². The Labute approximate surface area is 92.6 Å². The molecule has 0 heterocycles. The maximum absolute atomic E-state index is 5.71. The molecule has 0 saturated heterocycles. The summed E-state index contributed by atoms with van der Waals surface area (Å²) < 4.78 is 5.71. The lowest BCUT2D eigenvalue weighted by Crippen LogP contribution is -2.00. The van der Waals surface area contributed by atoms with Gasteiger partial charge in [0.2, 0.25) is 0 Å². The quantitative estimate of drug-likeness (QED) is 0.688. The number of anilines is 1. The van der Waals surface area contributed by atoms with E-state index in [2.05, 4.69) is 12.2 Å². The van der Waals surface area contributed by atoms with Crippen molar-refractivity contribution in [2.45, 2.75) is 32.6 Å². The van der Waals surface area contributed by atoms with Crippen molar-refractivity contribution in [3.63, 3.8) is 0 Å². The minimum atomic E-state index is 0.818. The fraction of sp³-hybridized carbons (Fsp3) is 0.538. The lowest BCUT2D eigenvalue weighted by molar-refractivity contribution is 0.306. The monoisotopic (exact) mass is 207 g/mol. The summed E-state index contributed by atoms with van der Waals surface area (Å²) in [4.78, 5) is 0. The van der Waals surface area contributed by atoms with E-state index in [4.69, 9.17) is 4.74 Å². The second-order valence-corrected chi connectivity index (χ2v) is 3.66. The van der Waals surface area contributed by atoms with Crippen LogP contribution < -0.4 is 10.1 Å². The average molecular weight is 207 g/mol. The Morgan fingerprint density at radius 3 is 2.67 bits per heavy atom. The molecule has 2 heteroatoms. The molecule has 0 fully saturated rings. The van der Waals surface area contributed by atoms with E-state index in [1.165, 1.54) is 19.3 Å². The minimum absolute atomic E-state index is 0.818. The van der Waals surface area contributed by atoms with Gasteiger partial charge < -0.3 is 10.1 Å². The van der Waals surface area contributed by atoms with E-state index in [0.29, 0.717) is 0 Å². The van der Waals surface area contributed by atoms with Gasteiger partial charge in [0.05, 0.1) is 12.3 Å². The summed E-state index contributed by atoms with van der Waals surface area (Å²) in [7, 11) is 1.92. The first-order valence-corrected chi connectivity index (χ1v) is 5.78. The highest BCUT2D eigenvalue weighted by atomic mass is 16.5. The van der Waals surface area contributed by atoms with E-state index in [0.717, 1.165) is 24.5 Å². The highest BCUT2D eigenvalue weighted by Crippen LogP contribution is 2.23. The minimum Gasteiger partial charge on any atom is -0.491 e. The van der Waals surface area contributed by atoms with Crippen molar-refractivity contribution in [2.24, 2.45) is 0 Å². The summed E-state index contributed by atoms with van der Waals surface area (Å²) in [5.41, 5.74) is 1.06. The zero-order chi connectivity index (χ0) is 10.9.